The highest BCUT2D eigenvalue weighted by molar-refractivity contribution is 4.96. The average molecular weight is 251 g/mol. The van der Waals surface area contributed by atoms with Gasteiger partial charge in [-0.05, 0) is 38.1 Å². The first-order valence-electron chi connectivity index (χ1n) is 7.03. The molecule has 1 saturated carbocycles. The van der Waals surface area contributed by atoms with E-state index in [9.17, 15) is 0 Å². The summed E-state index contributed by atoms with van der Waals surface area (Å²) in [5, 5.41) is 7.39. The highest BCUT2D eigenvalue weighted by Gasteiger charge is 2.22. The Morgan fingerprint density at radius 1 is 1.33 bits per heavy atom. The van der Waals surface area contributed by atoms with Crippen molar-refractivity contribution in [1.82, 2.24) is 15.5 Å². The number of ether oxygens (including phenoxy) is 1. The number of aromatic nitrogens is 2. The fourth-order valence-corrected chi connectivity index (χ4v) is 2.30. The van der Waals surface area contributed by atoms with E-state index in [2.05, 4.69) is 15.5 Å². The van der Waals surface area contributed by atoms with Crippen LogP contribution < -0.4 is 5.32 Å². The molecule has 1 saturated heterocycles. The number of nitrogens with one attached hydrogen (secondary N) is 1. The summed E-state index contributed by atoms with van der Waals surface area (Å²) < 4.78 is 10.9. The van der Waals surface area contributed by atoms with Crippen molar-refractivity contribution in [2.45, 2.75) is 38.0 Å². The van der Waals surface area contributed by atoms with Crippen LogP contribution in [0.4, 0.5) is 0 Å². The van der Waals surface area contributed by atoms with Gasteiger partial charge in [0, 0.05) is 19.6 Å². The molecule has 1 aromatic heterocycles. The molecule has 100 valence electrons. The molecular formula is C13H21N3O2. The molecule has 2 fully saturated rings. The first-order valence-corrected chi connectivity index (χ1v) is 7.03. The lowest BCUT2D eigenvalue weighted by atomic mass is 10.00. The molecule has 0 amide bonds. The van der Waals surface area contributed by atoms with Crippen LogP contribution in [0.2, 0.25) is 0 Å². The van der Waals surface area contributed by atoms with Gasteiger partial charge in [-0.3, -0.25) is 0 Å². The van der Waals surface area contributed by atoms with Gasteiger partial charge in [0.1, 0.15) is 0 Å². The summed E-state index contributed by atoms with van der Waals surface area (Å²) in [4.78, 5) is 4.47. The summed E-state index contributed by atoms with van der Waals surface area (Å²) in [6, 6.07) is 0. The van der Waals surface area contributed by atoms with Gasteiger partial charge in [-0.2, -0.15) is 4.98 Å². The monoisotopic (exact) mass is 251 g/mol. The van der Waals surface area contributed by atoms with E-state index in [1.54, 1.807) is 0 Å². The van der Waals surface area contributed by atoms with Gasteiger partial charge in [-0.1, -0.05) is 5.16 Å². The third-order valence-electron chi connectivity index (χ3n) is 3.65. The fraction of sp³-hybridized carbons (Fsp3) is 0.846. The molecule has 0 unspecified atom stereocenters. The van der Waals surface area contributed by atoms with Crippen LogP contribution in [0, 0.1) is 5.92 Å². The third kappa shape index (κ3) is 3.29. The molecule has 0 spiro atoms. The van der Waals surface area contributed by atoms with Crippen LogP contribution >= 0.6 is 0 Å². The molecule has 1 atom stereocenters. The van der Waals surface area contributed by atoms with E-state index in [1.807, 2.05) is 0 Å². The van der Waals surface area contributed by atoms with Crippen molar-refractivity contribution in [2.75, 3.05) is 26.3 Å². The molecule has 0 radical (unpaired) electrons. The van der Waals surface area contributed by atoms with Gasteiger partial charge in [0.15, 0.2) is 5.82 Å². The Kier molecular flexibility index (Phi) is 3.90. The maximum Gasteiger partial charge on any atom is 0.231 e. The Bertz CT molecular complexity index is 370. The SMILES string of the molecule is C1CNC[C@@H](c2nc(CCOCC3CC3)no2)C1. The predicted octanol–water partition coefficient (Wildman–Crippen LogP) is 1.51. The predicted molar refractivity (Wildman–Crippen MR) is 66.4 cm³/mol. The summed E-state index contributed by atoms with van der Waals surface area (Å²) in [6.45, 7) is 3.67. The minimum Gasteiger partial charge on any atom is -0.381 e. The minimum atomic E-state index is 0.396. The van der Waals surface area contributed by atoms with Crippen molar-refractivity contribution in [1.29, 1.82) is 0 Å². The molecule has 5 heteroatoms. The van der Waals surface area contributed by atoms with Crippen LogP contribution in [0.5, 0.6) is 0 Å². The molecule has 0 bridgehead atoms. The molecule has 1 aliphatic heterocycles. The summed E-state index contributed by atoms with van der Waals surface area (Å²) in [5.41, 5.74) is 0. The number of rotatable bonds is 6. The number of nitrogens with zero attached hydrogens (tertiary/aromatic N) is 2. The molecule has 1 aromatic rings. The zero-order valence-corrected chi connectivity index (χ0v) is 10.7. The van der Waals surface area contributed by atoms with E-state index >= 15 is 0 Å². The van der Waals surface area contributed by atoms with Gasteiger partial charge in [0.2, 0.25) is 5.89 Å². The van der Waals surface area contributed by atoms with Crippen LogP contribution in [0.25, 0.3) is 0 Å². The standard InChI is InChI=1S/C13H21N3O2/c1-2-11(8-14-6-1)13-15-12(16-18-13)5-7-17-9-10-3-4-10/h10-11,14H,1-9H2/t11-/m0/s1. The lowest BCUT2D eigenvalue weighted by Gasteiger charge is -2.18. The zero-order chi connectivity index (χ0) is 12.2. The van der Waals surface area contributed by atoms with E-state index in [0.29, 0.717) is 12.5 Å². The molecule has 5 nitrogen and oxygen atoms in total. The van der Waals surface area contributed by atoms with Crippen LogP contribution in [-0.2, 0) is 11.2 Å². The van der Waals surface area contributed by atoms with Crippen molar-refractivity contribution < 1.29 is 9.26 Å². The number of hydrogen-bond donors (Lipinski definition) is 1. The normalized spacial score (nSPS) is 24.3. The molecule has 3 rings (SSSR count). The van der Waals surface area contributed by atoms with Crippen LogP contribution in [0.15, 0.2) is 4.52 Å². The van der Waals surface area contributed by atoms with E-state index in [1.165, 1.54) is 19.3 Å². The number of hydrogen-bond acceptors (Lipinski definition) is 5. The Hall–Kier alpha value is -0.940. The second-order valence-electron chi connectivity index (χ2n) is 5.36. The molecule has 1 aliphatic carbocycles. The van der Waals surface area contributed by atoms with Crippen LogP contribution in [-0.4, -0.2) is 36.4 Å². The highest BCUT2D eigenvalue weighted by atomic mass is 16.5. The molecule has 2 heterocycles. The Morgan fingerprint density at radius 2 is 2.28 bits per heavy atom. The molecular weight excluding hydrogens is 230 g/mol. The van der Waals surface area contributed by atoms with Gasteiger partial charge in [0.25, 0.3) is 0 Å². The maximum absolute atomic E-state index is 5.58. The van der Waals surface area contributed by atoms with Gasteiger partial charge in [-0.25, -0.2) is 0 Å². The van der Waals surface area contributed by atoms with E-state index in [0.717, 1.165) is 50.2 Å². The summed E-state index contributed by atoms with van der Waals surface area (Å²) in [5.74, 6) is 2.79. The highest BCUT2D eigenvalue weighted by Crippen LogP contribution is 2.28. The lowest BCUT2D eigenvalue weighted by molar-refractivity contribution is 0.125. The van der Waals surface area contributed by atoms with Crippen LogP contribution in [0.3, 0.4) is 0 Å². The third-order valence-corrected chi connectivity index (χ3v) is 3.65. The lowest BCUT2D eigenvalue weighted by Crippen LogP contribution is -2.28. The second kappa shape index (κ2) is 5.80. The van der Waals surface area contributed by atoms with Crippen LogP contribution in [0.1, 0.15) is 43.3 Å². The van der Waals surface area contributed by atoms with Crippen molar-refractivity contribution in [3.8, 4) is 0 Å². The topological polar surface area (TPSA) is 60.2 Å². The van der Waals surface area contributed by atoms with E-state index in [-0.39, 0.29) is 0 Å². The van der Waals surface area contributed by atoms with Gasteiger partial charge in [0.05, 0.1) is 12.5 Å². The quantitative estimate of drug-likeness (QED) is 0.776. The minimum absolute atomic E-state index is 0.396. The van der Waals surface area contributed by atoms with Gasteiger partial charge >= 0.3 is 0 Å². The fourth-order valence-electron chi connectivity index (χ4n) is 2.30. The van der Waals surface area contributed by atoms with Crippen molar-refractivity contribution >= 4 is 0 Å². The largest absolute Gasteiger partial charge is 0.381 e. The molecule has 2 aliphatic rings. The van der Waals surface area contributed by atoms with E-state index in [4.69, 9.17) is 9.26 Å². The zero-order valence-electron chi connectivity index (χ0n) is 10.7. The van der Waals surface area contributed by atoms with Gasteiger partial charge in [-0.15, -0.1) is 0 Å². The number of piperidine rings is 1. The van der Waals surface area contributed by atoms with E-state index < -0.39 is 0 Å². The van der Waals surface area contributed by atoms with Crippen molar-refractivity contribution in [3.05, 3.63) is 11.7 Å². The first kappa shape index (κ1) is 12.1. The van der Waals surface area contributed by atoms with Crippen molar-refractivity contribution in [2.24, 2.45) is 5.92 Å². The maximum atomic E-state index is 5.58. The Balaban J connectivity index is 1.43. The Morgan fingerprint density at radius 3 is 3.06 bits per heavy atom. The summed E-state index contributed by atoms with van der Waals surface area (Å²) in [6.07, 6.45) is 5.76. The molecule has 18 heavy (non-hydrogen) atoms. The summed E-state index contributed by atoms with van der Waals surface area (Å²) in [7, 11) is 0. The molecule has 0 aromatic carbocycles. The average Bonchev–Trinajstić information content (AvgIpc) is 3.12. The summed E-state index contributed by atoms with van der Waals surface area (Å²) >= 11 is 0. The van der Waals surface area contributed by atoms with Gasteiger partial charge < -0.3 is 14.6 Å². The second-order valence-corrected chi connectivity index (χ2v) is 5.36. The molecule has 1 N–H and O–H groups in total. The first-order chi connectivity index (χ1) is 8.92. The smallest absolute Gasteiger partial charge is 0.231 e. The van der Waals surface area contributed by atoms with Crippen molar-refractivity contribution in [3.63, 3.8) is 0 Å². The Labute approximate surface area is 107 Å².